The highest BCUT2D eigenvalue weighted by Gasteiger charge is 2.19. The summed E-state index contributed by atoms with van der Waals surface area (Å²) < 4.78 is 17.6. The lowest BCUT2D eigenvalue weighted by molar-refractivity contribution is 0.613. The van der Waals surface area contributed by atoms with Crippen LogP contribution in [0, 0.1) is 5.82 Å². The Hall–Kier alpha value is -3.74. The zero-order valence-electron chi connectivity index (χ0n) is 15.7. The smallest absolute Gasteiger partial charge is 0.321 e. The SMILES string of the molecule is C=CCn1cnc2c1c(=O)n(CCc1ccccc1)c(=O)n2-c1ccc(F)cc1. The second-order valence-electron chi connectivity index (χ2n) is 6.64. The molecule has 0 saturated heterocycles. The van der Waals surface area contributed by atoms with Crippen LogP contribution >= 0.6 is 0 Å². The summed E-state index contributed by atoms with van der Waals surface area (Å²) in [7, 11) is 0. The van der Waals surface area contributed by atoms with Gasteiger partial charge in [-0.2, -0.15) is 0 Å². The molecule has 0 unspecified atom stereocenters. The van der Waals surface area contributed by atoms with Crippen molar-refractivity contribution in [2.75, 3.05) is 0 Å². The summed E-state index contributed by atoms with van der Waals surface area (Å²) in [6, 6.07) is 15.2. The van der Waals surface area contributed by atoms with Crippen molar-refractivity contribution in [3.05, 3.63) is 106 Å². The number of allylic oxidation sites excluding steroid dienone is 1. The number of fused-ring (bicyclic) bond motifs is 1. The Morgan fingerprint density at radius 3 is 2.45 bits per heavy atom. The second-order valence-corrected chi connectivity index (χ2v) is 6.64. The van der Waals surface area contributed by atoms with Crippen LogP contribution in [0.5, 0.6) is 0 Å². The number of hydrogen-bond donors (Lipinski definition) is 0. The Bertz CT molecular complexity index is 1280. The third-order valence-corrected chi connectivity index (χ3v) is 4.78. The van der Waals surface area contributed by atoms with Crippen LogP contribution in [-0.2, 0) is 19.5 Å². The molecule has 0 fully saturated rings. The fraction of sp³-hybridized carbons (Fsp3) is 0.136. The molecule has 0 bridgehead atoms. The molecular formula is C22H19FN4O2. The Kier molecular flexibility index (Phi) is 4.95. The lowest BCUT2D eigenvalue weighted by Gasteiger charge is -2.12. The predicted octanol–water partition coefficient (Wildman–Crippen LogP) is 2.92. The predicted molar refractivity (Wildman–Crippen MR) is 110 cm³/mol. The maximum atomic E-state index is 13.4. The lowest BCUT2D eigenvalue weighted by Crippen LogP contribution is -2.40. The van der Waals surface area contributed by atoms with Crippen LogP contribution < -0.4 is 11.2 Å². The highest BCUT2D eigenvalue weighted by Crippen LogP contribution is 2.14. The summed E-state index contributed by atoms with van der Waals surface area (Å²) in [4.78, 5) is 30.7. The van der Waals surface area contributed by atoms with E-state index >= 15 is 0 Å². The molecule has 6 nitrogen and oxygen atoms in total. The van der Waals surface area contributed by atoms with Gasteiger partial charge in [0.05, 0.1) is 12.0 Å². The molecule has 2 heterocycles. The lowest BCUT2D eigenvalue weighted by atomic mass is 10.1. The van der Waals surface area contributed by atoms with Crippen molar-refractivity contribution < 1.29 is 4.39 Å². The van der Waals surface area contributed by atoms with Crippen molar-refractivity contribution in [2.45, 2.75) is 19.5 Å². The number of halogens is 1. The Labute approximate surface area is 165 Å². The van der Waals surface area contributed by atoms with Gasteiger partial charge in [0.2, 0.25) is 0 Å². The van der Waals surface area contributed by atoms with Crippen molar-refractivity contribution in [1.82, 2.24) is 18.7 Å². The zero-order valence-corrected chi connectivity index (χ0v) is 15.7. The van der Waals surface area contributed by atoms with E-state index in [-0.39, 0.29) is 12.2 Å². The molecule has 0 saturated carbocycles. The molecular weight excluding hydrogens is 371 g/mol. The van der Waals surface area contributed by atoms with Crippen LogP contribution in [0.15, 0.2) is 83.2 Å². The van der Waals surface area contributed by atoms with E-state index in [1.54, 1.807) is 10.6 Å². The summed E-state index contributed by atoms with van der Waals surface area (Å²) in [5.41, 5.74) is 1.10. The standard InChI is InChI=1S/C22H19FN4O2/c1-2-13-25-15-24-20-19(25)21(28)26(14-12-16-6-4-3-5-7-16)22(29)27(20)18-10-8-17(23)9-11-18/h2-11,15H,1,12-14H2. The minimum absolute atomic E-state index is 0.220. The number of aromatic nitrogens is 4. The maximum absolute atomic E-state index is 13.4. The van der Waals surface area contributed by atoms with E-state index in [4.69, 9.17) is 0 Å². The largest absolute Gasteiger partial charge is 0.337 e. The van der Waals surface area contributed by atoms with Crippen molar-refractivity contribution in [3.63, 3.8) is 0 Å². The van der Waals surface area contributed by atoms with Gasteiger partial charge in [0.1, 0.15) is 5.82 Å². The molecule has 7 heteroatoms. The van der Waals surface area contributed by atoms with Gasteiger partial charge in [0.15, 0.2) is 11.2 Å². The van der Waals surface area contributed by atoms with Crippen molar-refractivity contribution in [1.29, 1.82) is 0 Å². The summed E-state index contributed by atoms with van der Waals surface area (Å²) in [5.74, 6) is -0.410. The molecule has 4 aromatic rings. The summed E-state index contributed by atoms with van der Waals surface area (Å²) in [6.07, 6.45) is 3.69. The van der Waals surface area contributed by atoms with Gasteiger partial charge in [-0.1, -0.05) is 36.4 Å². The monoisotopic (exact) mass is 390 g/mol. The number of rotatable bonds is 6. The van der Waals surface area contributed by atoms with Crippen molar-refractivity contribution in [3.8, 4) is 5.69 Å². The first kappa shape index (κ1) is 18.6. The quantitative estimate of drug-likeness (QED) is 0.476. The van der Waals surface area contributed by atoms with E-state index in [2.05, 4.69) is 11.6 Å². The van der Waals surface area contributed by atoms with Gasteiger partial charge in [0, 0.05) is 13.1 Å². The first-order valence-corrected chi connectivity index (χ1v) is 9.21. The van der Waals surface area contributed by atoms with E-state index in [0.717, 1.165) is 5.56 Å². The Morgan fingerprint density at radius 2 is 1.76 bits per heavy atom. The first-order chi connectivity index (χ1) is 14.1. The molecule has 0 radical (unpaired) electrons. The minimum atomic E-state index is -0.506. The van der Waals surface area contributed by atoms with Gasteiger partial charge in [-0.3, -0.25) is 9.36 Å². The minimum Gasteiger partial charge on any atom is -0.321 e. The number of aryl methyl sites for hydroxylation is 1. The second kappa shape index (κ2) is 7.71. The molecule has 2 aromatic heterocycles. The molecule has 0 amide bonds. The molecule has 4 rings (SSSR count). The Balaban J connectivity index is 1.93. The fourth-order valence-corrected chi connectivity index (χ4v) is 3.36. The molecule has 0 N–H and O–H groups in total. The number of imidazole rings is 1. The molecule has 146 valence electrons. The fourth-order valence-electron chi connectivity index (χ4n) is 3.36. The summed E-state index contributed by atoms with van der Waals surface area (Å²) in [6.45, 7) is 4.31. The third kappa shape index (κ3) is 3.42. The molecule has 29 heavy (non-hydrogen) atoms. The molecule has 0 aliphatic heterocycles. The molecule has 0 aliphatic rings. The van der Waals surface area contributed by atoms with E-state index in [1.807, 2.05) is 30.3 Å². The van der Waals surface area contributed by atoms with E-state index in [0.29, 0.717) is 24.2 Å². The number of hydrogen-bond acceptors (Lipinski definition) is 3. The maximum Gasteiger partial charge on any atom is 0.337 e. The normalized spacial score (nSPS) is 11.1. The van der Waals surface area contributed by atoms with Crippen molar-refractivity contribution >= 4 is 11.2 Å². The van der Waals surface area contributed by atoms with Crippen molar-refractivity contribution in [2.24, 2.45) is 0 Å². The van der Waals surface area contributed by atoms with Crippen LogP contribution in [-0.4, -0.2) is 18.7 Å². The molecule has 0 atom stereocenters. The highest BCUT2D eigenvalue weighted by molar-refractivity contribution is 5.72. The van der Waals surface area contributed by atoms with Gasteiger partial charge in [-0.15, -0.1) is 6.58 Å². The van der Waals surface area contributed by atoms with Crippen LogP contribution in [0.2, 0.25) is 0 Å². The van der Waals surface area contributed by atoms with Crippen LogP contribution in [0.4, 0.5) is 4.39 Å². The molecule has 0 spiro atoms. The van der Waals surface area contributed by atoms with Gasteiger partial charge in [-0.05, 0) is 36.2 Å². The van der Waals surface area contributed by atoms with Gasteiger partial charge in [-0.25, -0.2) is 18.7 Å². The highest BCUT2D eigenvalue weighted by atomic mass is 19.1. The van der Waals surface area contributed by atoms with Crippen LogP contribution in [0.25, 0.3) is 16.9 Å². The van der Waals surface area contributed by atoms with Crippen LogP contribution in [0.1, 0.15) is 5.56 Å². The topological polar surface area (TPSA) is 61.8 Å². The van der Waals surface area contributed by atoms with Gasteiger partial charge in [0.25, 0.3) is 5.56 Å². The van der Waals surface area contributed by atoms with E-state index < -0.39 is 17.1 Å². The number of nitrogens with zero attached hydrogens (tertiary/aromatic N) is 4. The first-order valence-electron chi connectivity index (χ1n) is 9.21. The third-order valence-electron chi connectivity index (χ3n) is 4.78. The van der Waals surface area contributed by atoms with Crippen LogP contribution in [0.3, 0.4) is 0 Å². The van der Waals surface area contributed by atoms with E-state index in [1.165, 1.54) is 39.7 Å². The van der Waals surface area contributed by atoms with Gasteiger partial charge >= 0.3 is 5.69 Å². The van der Waals surface area contributed by atoms with Gasteiger partial charge < -0.3 is 4.57 Å². The molecule has 2 aromatic carbocycles. The average Bonchev–Trinajstić information content (AvgIpc) is 3.14. The average molecular weight is 390 g/mol. The zero-order chi connectivity index (χ0) is 20.4. The summed E-state index contributed by atoms with van der Waals surface area (Å²) >= 11 is 0. The number of benzene rings is 2. The summed E-state index contributed by atoms with van der Waals surface area (Å²) in [5, 5.41) is 0. The molecule has 0 aliphatic carbocycles. The van der Waals surface area contributed by atoms with E-state index in [9.17, 15) is 14.0 Å². The Morgan fingerprint density at radius 1 is 1.03 bits per heavy atom.